The predicted octanol–water partition coefficient (Wildman–Crippen LogP) is 2.16. The number of nitrogens with one attached hydrogen (secondary N) is 1. The van der Waals surface area contributed by atoms with Crippen LogP contribution in [0.15, 0.2) is 30.3 Å². The van der Waals surface area contributed by atoms with Crippen LogP contribution in [-0.4, -0.2) is 26.5 Å². The van der Waals surface area contributed by atoms with Crippen LogP contribution in [0.2, 0.25) is 0 Å². The second-order valence-corrected chi connectivity index (χ2v) is 6.72. The van der Waals surface area contributed by atoms with E-state index in [4.69, 9.17) is 0 Å². The molecule has 1 aromatic rings. The highest BCUT2D eigenvalue weighted by Gasteiger charge is 2.15. The lowest BCUT2D eigenvalue weighted by atomic mass is 10.0. The number of hydrogen-bond acceptors (Lipinski definition) is 3. The highest BCUT2D eigenvalue weighted by atomic mass is 32.2. The van der Waals surface area contributed by atoms with Gasteiger partial charge in [0.05, 0.1) is 5.75 Å². The molecular formula is C13H21NO2S. The summed E-state index contributed by atoms with van der Waals surface area (Å²) in [5, 5.41) is 3.36. The first-order chi connectivity index (χ1) is 7.92. The molecule has 0 radical (unpaired) electrons. The molecule has 0 aliphatic rings. The van der Waals surface area contributed by atoms with Crippen molar-refractivity contribution >= 4 is 9.84 Å². The summed E-state index contributed by atoms with van der Waals surface area (Å²) in [6.07, 6.45) is 2.22. The molecule has 17 heavy (non-hydrogen) atoms. The average molecular weight is 255 g/mol. The van der Waals surface area contributed by atoms with Crippen LogP contribution in [-0.2, 0) is 9.84 Å². The van der Waals surface area contributed by atoms with Crippen LogP contribution in [0.5, 0.6) is 0 Å². The molecule has 0 amide bonds. The second-order valence-electron chi connectivity index (χ2n) is 4.53. The van der Waals surface area contributed by atoms with E-state index in [0.717, 1.165) is 6.42 Å². The molecule has 0 aliphatic heterocycles. The molecule has 0 spiro atoms. The van der Waals surface area contributed by atoms with Crippen LogP contribution in [0.4, 0.5) is 0 Å². The van der Waals surface area contributed by atoms with Gasteiger partial charge in [-0.25, -0.2) is 8.42 Å². The Balaban J connectivity index is 2.65. The van der Waals surface area contributed by atoms with E-state index in [1.165, 1.54) is 11.8 Å². The fourth-order valence-electron chi connectivity index (χ4n) is 1.98. The maximum Gasteiger partial charge on any atom is 0.148 e. The van der Waals surface area contributed by atoms with Crippen LogP contribution in [0, 0.1) is 0 Å². The van der Waals surface area contributed by atoms with Gasteiger partial charge in [-0.05, 0) is 18.9 Å². The summed E-state index contributed by atoms with van der Waals surface area (Å²) in [6, 6.07) is 10.3. The Kier molecular flexibility index (Phi) is 5.15. The Morgan fingerprint density at radius 3 is 2.29 bits per heavy atom. The molecule has 0 aliphatic carbocycles. The zero-order chi connectivity index (χ0) is 12.9. The first-order valence-corrected chi connectivity index (χ1v) is 7.97. The third-order valence-electron chi connectivity index (χ3n) is 2.65. The predicted molar refractivity (Wildman–Crippen MR) is 71.8 cm³/mol. The fourth-order valence-corrected chi connectivity index (χ4v) is 2.99. The molecule has 1 N–H and O–H groups in total. The molecule has 3 nitrogen and oxygen atoms in total. The quantitative estimate of drug-likeness (QED) is 0.847. The van der Waals surface area contributed by atoms with E-state index in [1.54, 1.807) is 0 Å². The summed E-state index contributed by atoms with van der Waals surface area (Å²) in [5.41, 5.74) is 1.20. The second kappa shape index (κ2) is 6.17. The molecule has 1 rings (SSSR count). The van der Waals surface area contributed by atoms with Crippen LogP contribution in [0.1, 0.15) is 31.9 Å². The molecule has 1 aromatic carbocycles. The smallest absolute Gasteiger partial charge is 0.148 e. The summed E-state index contributed by atoms with van der Waals surface area (Å²) in [7, 11) is -2.92. The average Bonchev–Trinajstić information content (AvgIpc) is 2.24. The number of benzene rings is 1. The molecule has 2 atom stereocenters. The third-order valence-corrected chi connectivity index (χ3v) is 3.75. The number of hydrogen-bond donors (Lipinski definition) is 1. The molecule has 4 heteroatoms. The van der Waals surface area contributed by atoms with E-state index >= 15 is 0 Å². The topological polar surface area (TPSA) is 46.2 Å². The third kappa shape index (κ3) is 5.33. The Morgan fingerprint density at radius 2 is 1.82 bits per heavy atom. The van der Waals surface area contributed by atoms with Crippen molar-refractivity contribution in [3.63, 3.8) is 0 Å². The van der Waals surface area contributed by atoms with E-state index in [9.17, 15) is 8.42 Å². The van der Waals surface area contributed by atoms with Crippen molar-refractivity contribution in [3.05, 3.63) is 35.9 Å². The van der Waals surface area contributed by atoms with Gasteiger partial charge in [-0.2, -0.15) is 0 Å². The Hall–Kier alpha value is -0.870. The molecule has 0 bridgehead atoms. The summed E-state index contributed by atoms with van der Waals surface area (Å²) in [5.74, 6) is 0.177. The lowest BCUT2D eigenvalue weighted by molar-refractivity contribution is 0.464. The maximum absolute atomic E-state index is 11.2. The zero-order valence-electron chi connectivity index (χ0n) is 10.7. The van der Waals surface area contributed by atoms with Gasteiger partial charge in [0.15, 0.2) is 0 Å². The first-order valence-electron chi connectivity index (χ1n) is 5.91. The van der Waals surface area contributed by atoms with Crippen molar-refractivity contribution in [3.8, 4) is 0 Å². The zero-order valence-corrected chi connectivity index (χ0v) is 11.5. The first kappa shape index (κ1) is 14.2. The van der Waals surface area contributed by atoms with Gasteiger partial charge in [0.25, 0.3) is 0 Å². The van der Waals surface area contributed by atoms with Gasteiger partial charge >= 0.3 is 0 Å². The fraction of sp³-hybridized carbons (Fsp3) is 0.538. The minimum Gasteiger partial charge on any atom is -0.306 e. The van der Waals surface area contributed by atoms with Gasteiger partial charge in [0, 0.05) is 18.3 Å². The van der Waals surface area contributed by atoms with Gasteiger partial charge in [-0.3, -0.25) is 0 Å². The highest BCUT2D eigenvalue weighted by Crippen LogP contribution is 2.16. The normalized spacial score (nSPS) is 15.5. The minimum absolute atomic E-state index is 0.0323. The molecule has 0 aromatic heterocycles. The minimum atomic E-state index is -2.92. The molecule has 2 unspecified atom stereocenters. The van der Waals surface area contributed by atoms with Gasteiger partial charge in [0.1, 0.15) is 9.84 Å². The Bertz CT molecular complexity index is 428. The highest BCUT2D eigenvalue weighted by molar-refractivity contribution is 7.90. The molecule has 0 saturated heterocycles. The summed E-state index contributed by atoms with van der Waals surface area (Å²) in [4.78, 5) is 0. The van der Waals surface area contributed by atoms with Crippen molar-refractivity contribution in [1.82, 2.24) is 5.32 Å². The molecular weight excluding hydrogens is 234 g/mol. The van der Waals surface area contributed by atoms with Gasteiger partial charge < -0.3 is 5.32 Å². The van der Waals surface area contributed by atoms with E-state index < -0.39 is 9.84 Å². The molecule has 0 heterocycles. The monoisotopic (exact) mass is 255 g/mol. The van der Waals surface area contributed by atoms with Gasteiger partial charge in [-0.1, -0.05) is 37.3 Å². The lowest BCUT2D eigenvalue weighted by Crippen LogP contribution is -2.35. The van der Waals surface area contributed by atoms with Crippen LogP contribution in [0.25, 0.3) is 0 Å². The van der Waals surface area contributed by atoms with Crippen molar-refractivity contribution in [2.75, 3.05) is 12.0 Å². The lowest BCUT2D eigenvalue weighted by Gasteiger charge is -2.22. The van der Waals surface area contributed by atoms with E-state index in [2.05, 4.69) is 24.4 Å². The Morgan fingerprint density at radius 1 is 1.24 bits per heavy atom. The van der Waals surface area contributed by atoms with E-state index in [0.29, 0.717) is 0 Å². The number of rotatable bonds is 6. The van der Waals surface area contributed by atoms with E-state index in [1.807, 2.05) is 25.1 Å². The maximum atomic E-state index is 11.2. The summed E-state index contributed by atoms with van der Waals surface area (Å²) >= 11 is 0. The molecule has 0 fully saturated rings. The summed E-state index contributed by atoms with van der Waals surface area (Å²) in [6.45, 7) is 4.00. The van der Waals surface area contributed by atoms with Gasteiger partial charge in [0.2, 0.25) is 0 Å². The van der Waals surface area contributed by atoms with Crippen LogP contribution >= 0.6 is 0 Å². The standard InChI is InChI=1S/C13H21NO2S/c1-4-13(12-8-6-5-7-9-12)14-11(2)10-17(3,15)16/h5-9,11,13-14H,4,10H2,1-3H3. The van der Waals surface area contributed by atoms with Crippen molar-refractivity contribution in [2.45, 2.75) is 32.4 Å². The van der Waals surface area contributed by atoms with Crippen molar-refractivity contribution in [1.29, 1.82) is 0 Å². The number of sulfone groups is 1. The molecule has 0 saturated carbocycles. The van der Waals surface area contributed by atoms with Crippen LogP contribution in [0.3, 0.4) is 0 Å². The van der Waals surface area contributed by atoms with Crippen molar-refractivity contribution < 1.29 is 8.42 Å². The van der Waals surface area contributed by atoms with Gasteiger partial charge in [-0.15, -0.1) is 0 Å². The summed E-state index contributed by atoms with van der Waals surface area (Å²) < 4.78 is 22.4. The largest absolute Gasteiger partial charge is 0.306 e. The Labute approximate surface area is 104 Å². The van der Waals surface area contributed by atoms with Crippen LogP contribution < -0.4 is 5.32 Å². The molecule has 96 valence electrons. The van der Waals surface area contributed by atoms with E-state index in [-0.39, 0.29) is 17.8 Å². The SMILES string of the molecule is CCC(NC(C)CS(C)(=O)=O)c1ccccc1. The van der Waals surface area contributed by atoms with Crippen molar-refractivity contribution in [2.24, 2.45) is 0 Å².